The number of carbonyl (C=O) groups excluding carboxylic acids is 1. The second-order valence-corrected chi connectivity index (χ2v) is 4.45. The predicted molar refractivity (Wildman–Crippen MR) is 60.3 cm³/mol. The average molecular weight is 265 g/mol. The van der Waals surface area contributed by atoms with Crippen LogP contribution < -0.4 is 39.4 Å². The van der Waals surface area contributed by atoms with E-state index in [2.05, 4.69) is 0 Å². The standard InChI is InChI=1S/C12H15ClO3.Na/c1-8(2)7-11(12(14)15)16-10-5-3-9(13)4-6-10;/h3-6,8,11H,7H2,1-2H3,(H,14,15);/q;+1/p-1/t11-;/m0./s1. The fourth-order valence-corrected chi connectivity index (χ4v) is 1.42. The molecule has 0 heterocycles. The maximum Gasteiger partial charge on any atom is 1.00 e. The van der Waals surface area contributed by atoms with Gasteiger partial charge < -0.3 is 14.6 Å². The van der Waals surface area contributed by atoms with Crippen molar-refractivity contribution in [3.63, 3.8) is 0 Å². The second-order valence-electron chi connectivity index (χ2n) is 4.01. The van der Waals surface area contributed by atoms with Gasteiger partial charge in [-0.15, -0.1) is 0 Å². The van der Waals surface area contributed by atoms with Crippen molar-refractivity contribution in [3.05, 3.63) is 29.3 Å². The number of hydrogen-bond acceptors (Lipinski definition) is 3. The van der Waals surface area contributed by atoms with Crippen LogP contribution in [0.3, 0.4) is 0 Å². The van der Waals surface area contributed by atoms with Crippen LogP contribution >= 0.6 is 11.6 Å². The minimum Gasteiger partial charge on any atom is -0.546 e. The summed E-state index contributed by atoms with van der Waals surface area (Å²) >= 11 is 5.71. The van der Waals surface area contributed by atoms with Crippen molar-refractivity contribution in [2.45, 2.75) is 26.4 Å². The molecule has 1 rings (SSSR count). The molecule has 0 aliphatic carbocycles. The molecule has 1 aromatic rings. The van der Waals surface area contributed by atoms with Gasteiger partial charge in [0.1, 0.15) is 11.9 Å². The SMILES string of the molecule is CC(C)C[C@H](Oc1ccc(Cl)cc1)C(=O)[O-].[Na+]. The number of hydrogen-bond donors (Lipinski definition) is 0. The van der Waals surface area contributed by atoms with E-state index in [9.17, 15) is 9.90 Å². The molecule has 17 heavy (non-hydrogen) atoms. The Kier molecular flexibility index (Phi) is 7.88. The summed E-state index contributed by atoms with van der Waals surface area (Å²) in [7, 11) is 0. The number of benzene rings is 1. The quantitative estimate of drug-likeness (QED) is 0.634. The maximum absolute atomic E-state index is 10.8. The first-order valence-corrected chi connectivity index (χ1v) is 5.50. The van der Waals surface area contributed by atoms with E-state index in [-0.39, 0.29) is 35.5 Å². The number of carbonyl (C=O) groups is 1. The van der Waals surface area contributed by atoms with Crippen LogP contribution in [-0.2, 0) is 4.79 Å². The van der Waals surface area contributed by atoms with Gasteiger partial charge in [0, 0.05) is 5.02 Å². The number of carboxylic acid groups (broad SMARTS) is 1. The van der Waals surface area contributed by atoms with Crippen LogP contribution in [0.1, 0.15) is 20.3 Å². The molecule has 0 saturated carbocycles. The van der Waals surface area contributed by atoms with Gasteiger partial charge in [-0.1, -0.05) is 25.4 Å². The van der Waals surface area contributed by atoms with Gasteiger partial charge in [-0.3, -0.25) is 0 Å². The Morgan fingerprint density at radius 1 is 1.35 bits per heavy atom. The van der Waals surface area contributed by atoms with Gasteiger partial charge >= 0.3 is 29.6 Å². The van der Waals surface area contributed by atoms with Gasteiger partial charge in [0.25, 0.3) is 0 Å². The summed E-state index contributed by atoms with van der Waals surface area (Å²) in [4.78, 5) is 10.8. The Morgan fingerprint density at radius 2 is 1.88 bits per heavy atom. The molecule has 5 heteroatoms. The van der Waals surface area contributed by atoms with E-state index in [1.165, 1.54) is 0 Å². The Bertz CT molecular complexity index is 351. The molecular formula is C12H14ClNaO3. The van der Waals surface area contributed by atoms with E-state index in [0.717, 1.165) is 0 Å². The molecule has 88 valence electrons. The molecule has 1 aromatic carbocycles. The van der Waals surface area contributed by atoms with Crippen molar-refractivity contribution < 1.29 is 44.2 Å². The zero-order valence-corrected chi connectivity index (χ0v) is 13.0. The Balaban J connectivity index is 0.00000256. The maximum atomic E-state index is 10.8. The first kappa shape index (κ1) is 16.8. The van der Waals surface area contributed by atoms with Crippen LogP contribution in [0.25, 0.3) is 0 Å². The van der Waals surface area contributed by atoms with Crippen molar-refractivity contribution in [2.75, 3.05) is 0 Å². The fourth-order valence-electron chi connectivity index (χ4n) is 1.30. The molecule has 0 saturated heterocycles. The molecule has 1 atom stereocenters. The van der Waals surface area contributed by atoms with Gasteiger partial charge in [-0.2, -0.15) is 0 Å². The first-order chi connectivity index (χ1) is 7.49. The second kappa shape index (κ2) is 7.98. The third-order valence-electron chi connectivity index (χ3n) is 2.04. The van der Waals surface area contributed by atoms with Gasteiger partial charge in [0.15, 0.2) is 0 Å². The number of ether oxygens (including phenoxy) is 1. The molecule has 0 aliphatic rings. The van der Waals surface area contributed by atoms with Gasteiger partial charge in [-0.25, -0.2) is 0 Å². The van der Waals surface area contributed by atoms with Gasteiger partial charge in [-0.05, 0) is 36.6 Å². The molecule has 0 aliphatic heterocycles. The predicted octanol–water partition coefficient (Wildman–Crippen LogP) is -1.11. The van der Waals surface area contributed by atoms with E-state index < -0.39 is 12.1 Å². The van der Waals surface area contributed by atoms with E-state index in [1.807, 2.05) is 13.8 Å². The third-order valence-corrected chi connectivity index (χ3v) is 2.29. The van der Waals surface area contributed by atoms with Crippen LogP contribution in [0.15, 0.2) is 24.3 Å². The van der Waals surface area contributed by atoms with Crippen molar-refractivity contribution >= 4 is 17.6 Å². The summed E-state index contributed by atoms with van der Waals surface area (Å²) < 4.78 is 5.32. The van der Waals surface area contributed by atoms with E-state index in [4.69, 9.17) is 16.3 Å². The van der Waals surface area contributed by atoms with Gasteiger partial charge in [0.2, 0.25) is 0 Å². The number of rotatable bonds is 5. The Hall–Kier alpha value is -0.220. The first-order valence-electron chi connectivity index (χ1n) is 5.12. The van der Waals surface area contributed by atoms with Gasteiger partial charge in [0.05, 0.1) is 5.97 Å². The monoisotopic (exact) mass is 264 g/mol. The van der Waals surface area contributed by atoms with E-state index in [0.29, 0.717) is 17.2 Å². The molecule has 0 unspecified atom stereocenters. The van der Waals surface area contributed by atoms with Crippen molar-refractivity contribution in [1.29, 1.82) is 0 Å². The zero-order chi connectivity index (χ0) is 12.1. The number of aliphatic carboxylic acids is 1. The largest absolute Gasteiger partial charge is 1.00 e. The molecule has 0 spiro atoms. The van der Waals surface area contributed by atoms with Crippen LogP contribution in [0, 0.1) is 5.92 Å². The molecule has 3 nitrogen and oxygen atoms in total. The smallest absolute Gasteiger partial charge is 0.546 e. The van der Waals surface area contributed by atoms with Crippen molar-refractivity contribution in [2.24, 2.45) is 5.92 Å². The van der Waals surface area contributed by atoms with E-state index in [1.54, 1.807) is 24.3 Å². The Labute approximate surface area is 128 Å². The zero-order valence-electron chi connectivity index (χ0n) is 10.3. The molecule has 0 aromatic heterocycles. The summed E-state index contributed by atoms with van der Waals surface area (Å²) in [6.07, 6.45) is -0.494. The van der Waals surface area contributed by atoms with Crippen molar-refractivity contribution in [3.8, 4) is 5.75 Å². The van der Waals surface area contributed by atoms with E-state index >= 15 is 0 Å². The third kappa shape index (κ3) is 6.32. The van der Waals surface area contributed by atoms with Crippen LogP contribution in [0.5, 0.6) is 5.75 Å². The molecule has 0 radical (unpaired) electrons. The molecule has 0 N–H and O–H groups in total. The van der Waals surface area contributed by atoms with Crippen molar-refractivity contribution in [1.82, 2.24) is 0 Å². The summed E-state index contributed by atoms with van der Waals surface area (Å²) in [5.74, 6) is -0.474. The number of carboxylic acids is 1. The molecule has 0 amide bonds. The minimum atomic E-state index is -1.19. The molecule has 0 fully saturated rings. The normalized spacial score (nSPS) is 11.8. The minimum absolute atomic E-state index is 0. The summed E-state index contributed by atoms with van der Waals surface area (Å²) in [6, 6.07) is 6.58. The summed E-state index contributed by atoms with van der Waals surface area (Å²) in [5, 5.41) is 11.4. The number of halogens is 1. The van der Waals surface area contributed by atoms with Crippen LogP contribution in [0.2, 0.25) is 5.02 Å². The summed E-state index contributed by atoms with van der Waals surface area (Å²) in [6.45, 7) is 3.86. The molecular weight excluding hydrogens is 251 g/mol. The average Bonchev–Trinajstić information content (AvgIpc) is 2.19. The Morgan fingerprint density at radius 3 is 2.29 bits per heavy atom. The van der Waals surface area contributed by atoms with Crippen LogP contribution in [-0.4, -0.2) is 12.1 Å². The topological polar surface area (TPSA) is 49.4 Å². The van der Waals surface area contributed by atoms with Crippen LogP contribution in [0.4, 0.5) is 0 Å². The fraction of sp³-hybridized carbons (Fsp3) is 0.417. The summed E-state index contributed by atoms with van der Waals surface area (Å²) in [5.41, 5.74) is 0. The molecule has 0 bridgehead atoms.